The van der Waals surface area contributed by atoms with Gasteiger partial charge in [0.2, 0.25) is 5.91 Å². The van der Waals surface area contributed by atoms with Crippen LogP contribution in [0.3, 0.4) is 0 Å². The Morgan fingerprint density at radius 1 is 1.27 bits per heavy atom. The minimum absolute atomic E-state index is 0.0214. The van der Waals surface area contributed by atoms with Gasteiger partial charge in [-0.2, -0.15) is 16.9 Å². The first kappa shape index (κ1) is 21.4. The Kier molecular flexibility index (Phi) is 6.80. The van der Waals surface area contributed by atoms with Crippen molar-refractivity contribution in [3.8, 4) is 0 Å². The summed E-state index contributed by atoms with van der Waals surface area (Å²) in [6.45, 7) is 4.16. The number of carbonyl (C=O) groups excluding carboxylic acids is 1. The number of benzene rings is 1. The predicted molar refractivity (Wildman–Crippen MR) is 121 cm³/mol. The summed E-state index contributed by atoms with van der Waals surface area (Å²) in [5.41, 5.74) is 2.56. The number of methoxy groups -OCH3 is 1. The molecule has 162 valence electrons. The number of ether oxygens (including phenoxy) is 1. The molecule has 30 heavy (non-hydrogen) atoms. The maximum absolute atomic E-state index is 12.4. The molecular formula is C23H32N4O2S. The number of hydrogen-bond donors (Lipinski definition) is 1. The lowest BCUT2D eigenvalue weighted by Gasteiger charge is -2.44. The second kappa shape index (κ2) is 9.54. The second-order valence-electron chi connectivity index (χ2n) is 8.34. The molecule has 0 unspecified atom stereocenters. The lowest BCUT2D eigenvalue weighted by molar-refractivity contribution is -0.120. The van der Waals surface area contributed by atoms with Crippen molar-refractivity contribution in [3.05, 3.63) is 53.9 Å². The van der Waals surface area contributed by atoms with Crippen LogP contribution in [0.25, 0.3) is 0 Å². The predicted octanol–water partition coefficient (Wildman–Crippen LogP) is 2.86. The van der Waals surface area contributed by atoms with Gasteiger partial charge in [-0.05, 0) is 62.3 Å². The number of aromatic nitrogens is 2. The summed E-state index contributed by atoms with van der Waals surface area (Å²) in [5.74, 6) is 0.559. The zero-order valence-electron chi connectivity index (χ0n) is 17.9. The standard InChI is InChI=1S/C23H32N4O2S/c1-29-22-21(25-20(28)17-30-2)18-7-3-4-8-19(18)23(22)9-15-26(16-10-23)12-6-14-27-13-5-11-24-27/h3-5,7-8,11,13,21-22H,6,9-10,12,14-17H2,1-2H3,(H,25,28)/t21-,22+/m1/s1. The summed E-state index contributed by atoms with van der Waals surface area (Å²) in [7, 11) is 1.79. The number of fused-ring (bicyclic) bond motifs is 2. The van der Waals surface area contributed by atoms with E-state index in [9.17, 15) is 4.79 Å². The molecule has 1 fully saturated rings. The van der Waals surface area contributed by atoms with Crippen molar-refractivity contribution < 1.29 is 9.53 Å². The van der Waals surface area contributed by atoms with Crippen molar-refractivity contribution in [1.29, 1.82) is 0 Å². The van der Waals surface area contributed by atoms with E-state index in [1.54, 1.807) is 18.9 Å². The first-order valence-corrected chi connectivity index (χ1v) is 12.2. The van der Waals surface area contributed by atoms with E-state index in [0.717, 1.165) is 45.4 Å². The monoisotopic (exact) mass is 428 g/mol. The molecule has 2 heterocycles. The Hall–Kier alpha value is -1.83. The van der Waals surface area contributed by atoms with Crippen LogP contribution in [0.15, 0.2) is 42.7 Å². The highest BCUT2D eigenvalue weighted by Crippen LogP contribution is 2.52. The van der Waals surface area contributed by atoms with Gasteiger partial charge in [-0.15, -0.1) is 0 Å². The van der Waals surface area contributed by atoms with Gasteiger partial charge in [-0.1, -0.05) is 24.3 Å². The molecule has 1 spiro atoms. The zero-order chi connectivity index (χ0) is 21.0. The van der Waals surface area contributed by atoms with Crippen LogP contribution >= 0.6 is 11.8 Å². The fourth-order valence-corrected chi connectivity index (χ4v) is 5.68. The van der Waals surface area contributed by atoms with Crippen molar-refractivity contribution in [2.45, 2.75) is 43.4 Å². The second-order valence-corrected chi connectivity index (χ2v) is 9.21. The molecular weight excluding hydrogens is 396 g/mol. The number of thioether (sulfide) groups is 1. The highest BCUT2D eigenvalue weighted by atomic mass is 32.2. The number of carbonyl (C=O) groups is 1. The number of hydrogen-bond acceptors (Lipinski definition) is 5. The summed E-state index contributed by atoms with van der Waals surface area (Å²) in [6, 6.07) is 10.5. The minimum Gasteiger partial charge on any atom is -0.378 e. The molecule has 2 atom stereocenters. The average molecular weight is 429 g/mol. The molecule has 1 aromatic heterocycles. The van der Waals surface area contributed by atoms with E-state index in [4.69, 9.17) is 4.74 Å². The molecule has 0 radical (unpaired) electrons. The summed E-state index contributed by atoms with van der Waals surface area (Å²) in [6.07, 6.45) is 9.01. The van der Waals surface area contributed by atoms with Crippen molar-refractivity contribution in [1.82, 2.24) is 20.0 Å². The van der Waals surface area contributed by atoms with Crippen molar-refractivity contribution >= 4 is 17.7 Å². The lowest BCUT2D eigenvalue weighted by atomic mass is 9.72. The van der Waals surface area contributed by atoms with E-state index in [-0.39, 0.29) is 23.5 Å². The molecule has 1 saturated heterocycles. The van der Waals surface area contributed by atoms with Crippen LogP contribution in [0.2, 0.25) is 0 Å². The number of nitrogens with one attached hydrogen (secondary N) is 1. The lowest BCUT2D eigenvalue weighted by Crippen LogP contribution is -2.50. The van der Waals surface area contributed by atoms with Gasteiger partial charge in [0, 0.05) is 31.5 Å². The first-order chi connectivity index (χ1) is 14.7. The topological polar surface area (TPSA) is 59.4 Å². The highest BCUT2D eigenvalue weighted by Gasteiger charge is 2.53. The third kappa shape index (κ3) is 4.15. The molecule has 1 aliphatic heterocycles. The highest BCUT2D eigenvalue weighted by molar-refractivity contribution is 7.99. The van der Waals surface area contributed by atoms with Crippen LogP contribution in [-0.2, 0) is 21.5 Å². The van der Waals surface area contributed by atoms with Crippen LogP contribution in [-0.4, -0.2) is 65.4 Å². The summed E-state index contributed by atoms with van der Waals surface area (Å²) < 4.78 is 8.09. The summed E-state index contributed by atoms with van der Waals surface area (Å²) in [4.78, 5) is 15.0. The van der Waals surface area contributed by atoms with Crippen LogP contribution in [0.4, 0.5) is 0 Å². The molecule has 2 aliphatic rings. The average Bonchev–Trinajstić information content (AvgIpc) is 3.36. The van der Waals surface area contributed by atoms with Gasteiger partial charge in [-0.3, -0.25) is 9.48 Å². The molecule has 7 heteroatoms. The minimum atomic E-state index is -0.0720. The van der Waals surface area contributed by atoms with Crippen molar-refractivity contribution in [2.24, 2.45) is 0 Å². The SMILES string of the molecule is CO[C@H]1[C@H](NC(=O)CSC)c2ccccc2C12CCN(CCCn1cccn1)CC2. The van der Waals surface area contributed by atoms with E-state index in [0.29, 0.717) is 5.75 Å². The number of rotatable bonds is 8. The Balaban J connectivity index is 1.45. The van der Waals surface area contributed by atoms with Crippen LogP contribution < -0.4 is 5.32 Å². The maximum atomic E-state index is 12.4. The Labute approximate surface area is 183 Å². The molecule has 1 amide bonds. The van der Waals surface area contributed by atoms with Gasteiger partial charge < -0.3 is 15.0 Å². The molecule has 1 N–H and O–H groups in total. The smallest absolute Gasteiger partial charge is 0.230 e. The van der Waals surface area contributed by atoms with Gasteiger partial charge in [0.15, 0.2) is 0 Å². The zero-order valence-corrected chi connectivity index (χ0v) is 18.7. The normalized spacial score (nSPS) is 22.9. The molecule has 1 aliphatic carbocycles. The van der Waals surface area contributed by atoms with E-state index in [1.807, 2.05) is 29.4 Å². The van der Waals surface area contributed by atoms with Crippen LogP contribution in [0, 0.1) is 0 Å². The molecule has 2 aromatic rings. The van der Waals surface area contributed by atoms with E-state index in [2.05, 4.69) is 39.6 Å². The Bertz CT molecular complexity index is 833. The quantitative estimate of drug-likeness (QED) is 0.701. The largest absolute Gasteiger partial charge is 0.378 e. The van der Waals surface area contributed by atoms with Crippen molar-refractivity contribution in [3.63, 3.8) is 0 Å². The Morgan fingerprint density at radius 3 is 2.77 bits per heavy atom. The fourth-order valence-electron chi connectivity index (χ4n) is 5.34. The molecule has 0 bridgehead atoms. The molecule has 1 aromatic carbocycles. The van der Waals surface area contributed by atoms with Gasteiger partial charge in [0.25, 0.3) is 0 Å². The van der Waals surface area contributed by atoms with Gasteiger partial charge in [0.1, 0.15) is 0 Å². The van der Waals surface area contributed by atoms with Gasteiger partial charge in [0.05, 0.1) is 17.9 Å². The van der Waals surface area contributed by atoms with Crippen molar-refractivity contribution in [2.75, 3.05) is 38.8 Å². The van der Waals surface area contributed by atoms with E-state index < -0.39 is 0 Å². The summed E-state index contributed by atoms with van der Waals surface area (Å²) >= 11 is 1.55. The maximum Gasteiger partial charge on any atom is 0.230 e. The number of nitrogens with zero attached hydrogens (tertiary/aromatic N) is 3. The number of aryl methyl sites for hydroxylation is 1. The number of likely N-dealkylation sites (tertiary alicyclic amines) is 1. The third-order valence-electron chi connectivity index (χ3n) is 6.69. The van der Waals surface area contributed by atoms with E-state index >= 15 is 0 Å². The van der Waals surface area contributed by atoms with Crippen LogP contribution in [0.5, 0.6) is 0 Å². The Morgan fingerprint density at radius 2 is 2.07 bits per heavy atom. The van der Waals surface area contributed by atoms with Crippen LogP contribution in [0.1, 0.15) is 36.4 Å². The summed E-state index contributed by atoms with van der Waals surface area (Å²) in [5, 5.41) is 7.56. The first-order valence-electron chi connectivity index (χ1n) is 10.8. The van der Waals surface area contributed by atoms with E-state index in [1.165, 1.54) is 11.1 Å². The molecule has 4 rings (SSSR count). The van der Waals surface area contributed by atoms with Gasteiger partial charge >= 0.3 is 0 Å². The molecule has 0 saturated carbocycles. The molecule has 6 nitrogen and oxygen atoms in total. The number of piperidine rings is 1. The third-order valence-corrected chi connectivity index (χ3v) is 7.25. The van der Waals surface area contributed by atoms with Gasteiger partial charge in [-0.25, -0.2) is 0 Å². The fraction of sp³-hybridized carbons (Fsp3) is 0.565. The number of amides is 1.